The first kappa shape index (κ1) is 30.9. The Balaban J connectivity index is -0.0000000563. The summed E-state index contributed by atoms with van der Waals surface area (Å²) in [5, 5.41) is 27.0. The van der Waals surface area contributed by atoms with Gasteiger partial charge in [0.05, 0.1) is 0 Å². The van der Waals surface area contributed by atoms with Crippen molar-refractivity contribution in [2.45, 2.75) is 6.92 Å². The number of rotatable bonds is 0. The number of carbonyl (C=O) groups excluding carboxylic acids is 5. The molecule has 1 aromatic rings. The molecule has 0 heterocycles. The second kappa shape index (κ2) is 53.5. The monoisotopic (exact) mass is 307 g/mol. The summed E-state index contributed by atoms with van der Waals surface area (Å²) < 4.78 is 0. The fourth-order valence-corrected chi connectivity index (χ4v) is 0.534. The Morgan fingerprint density at radius 1 is 0.591 bits per heavy atom. The molecule has 1 aromatic carbocycles. The average Bonchev–Trinajstić information content (AvgIpc) is 2.44. The van der Waals surface area contributed by atoms with Gasteiger partial charge in [0, 0.05) is 0 Å². The summed E-state index contributed by atoms with van der Waals surface area (Å²) in [6, 6.07) is 10.3. The molecule has 0 amide bonds. The summed E-state index contributed by atoms with van der Waals surface area (Å²) >= 11 is 0. The first-order valence-electron chi connectivity index (χ1n) is 4.68. The molecule has 0 saturated carbocycles. The van der Waals surface area contributed by atoms with E-state index in [4.69, 9.17) is 51.0 Å². The summed E-state index contributed by atoms with van der Waals surface area (Å²) in [6.07, 6.45) is 3.75. The maximum Gasteiger partial charge on any atom is 0.231 e. The van der Waals surface area contributed by atoms with E-state index in [1.165, 1.54) is 5.56 Å². The largest absolute Gasteiger partial charge is 0.231 e. The summed E-state index contributed by atoms with van der Waals surface area (Å²) in [7, 11) is 0. The molecule has 10 nitrogen and oxygen atoms in total. The van der Waals surface area contributed by atoms with Gasteiger partial charge in [-0.25, -0.2) is 51.0 Å². The Kier molecular flexibility index (Phi) is 75.0. The van der Waals surface area contributed by atoms with Crippen molar-refractivity contribution in [3.63, 3.8) is 0 Å². The van der Waals surface area contributed by atoms with Crippen LogP contribution in [0.4, 0.5) is 0 Å². The Labute approximate surface area is 125 Å². The van der Waals surface area contributed by atoms with Gasteiger partial charge in [0.1, 0.15) is 0 Å². The van der Waals surface area contributed by atoms with E-state index in [9.17, 15) is 0 Å². The molecule has 0 fully saturated rings. The van der Waals surface area contributed by atoms with Crippen LogP contribution >= 0.6 is 0 Å². The molecule has 0 bridgehead atoms. The van der Waals surface area contributed by atoms with Crippen molar-refractivity contribution >= 4 is 30.4 Å². The molecule has 116 valence electrons. The van der Waals surface area contributed by atoms with Crippen LogP contribution in [0.3, 0.4) is 0 Å². The lowest BCUT2D eigenvalue weighted by molar-refractivity contribution is 0.562. The number of isocyanates is 5. The van der Waals surface area contributed by atoms with E-state index in [0.29, 0.717) is 0 Å². The minimum atomic E-state index is 0.750. The van der Waals surface area contributed by atoms with Crippen LogP contribution in [-0.4, -0.2) is 30.4 Å². The highest BCUT2D eigenvalue weighted by Gasteiger charge is 1.72. The Hall–Kier alpha value is -3.88. The molecule has 0 aliphatic carbocycles. The third kappa shape index (κ3) is 217. The lowest BCUT2D eigenvalue weighted by Gasteiger charge is -1.82. The SMILES string of the molecule is Cc1ccccc1.N=C=O.N=C=O.N=C=O.N=C=O.N=C=O. The molecular formula is C12H13N5O5. The van der Waals surface area contributed by atoms with E-state index in [0.717, 1.165) is 30.4 Å². The molecule has 0 unspecified atom stereocenters. The summed E-state index contributed by atoms with van der Waals surface area (Å²) in [6.45, 7) is 2.08. The second-order valence-corrected chi connectivity index (χ2v) is 2.17. The van der Waals surface area contributed by atoms with Gasteiger partial charge in [-0.1, -0.05) is 35.9 Å². The van der Waals surface area contributed by atoms with Gasteiger partial charge in [-0.15, -0.1) is 0 Å². The molecule has 0 spiro atoms. The van der Waals surface area contributed by atoms with Crippen LogP contribution in [0.2, 0.25) is 0 Å². The normalized spacial score (nSPS) is 4.59. The fraction of sp³-hybridized carbons (Fsp3) is 0.0833. The molecule has 0 atom stereocenters. The van der Waals surface area contributed by atoms with Gasteiger partial charge in [0.2, 0.25) is 30.4 Å². The molecule has 1 rings (SSSR count). The van der Waals surface area contributed by atoms with Gasteiger partial charge >= 0.3 is 0 Å². The summed E-state index contributed by atoms with van der Waals surface area (Å²) in [5.74, 6) is 0. The topological polar surface area (TPSA) is 205 Å². The summed E-state index contributed by atoms with van der Waals surface area (Å²) in [5.41, 5.74) is 1.32. The van der Waals surface area contributed by atoms with Crippen LogP contribution in [0.1, 0.15) is 5.56 Å². The maximum atomic E-state index is 8.35. The zero-order valence-corrected chi connectivity index (χ0v) is 11.4. The van der Waals surface area contributed by atoms with Gasteiger partial charge in [-0.05, 0) is 6.92 Å². The maximum absolute atomic E-state index is 8.35. The minimum absolute atomic E-state index is 0.750. The van der Waals surface area contributed by atoms with Gasteiger partial charge in [0.25, 0.3) is 0 Å². The second-order valence-electron chi connectivity index (χ2n) is 2.17. The first-order valence-corrected chi connectivity index (χ1v) is 4.68. The molecule has 10 heteroatoms. The van der Waals surface area contributed by atoms with Gasteiger partial charge in [-0.3, -0.25) is 0 Å². The van der Waals surface area contributed by atoms with Crippen LogP contribution in [-0.2, 0) is 24.0 Å². The van der Waals surface area contributed by atoms with E-state index >= 15 is 0 Å². The predicted molar refractivity (Wildman–Crippen MR) is 73.2 cm³/mol. The Morgan fingerprint density at radius 3 is 0.864 bits per heavy atom. The van der Waals surface area contributed by atoms with E-state index < -0.39 is 0 Å². The van der Waals surface area contributed by atoms with Crippen LogP contribution in [0.5, 0.6) is 0 Å². The molecule has 0 radical (unpaired) electrons. The van der Waals surface area contributed by atoms with Crippen molar-refractivity contribution < 1.29 is 24.0 Å². The first-order chi connectivity index (χ1) is 10.5. The highest BCUT2D eigenvalue weighted by atomic mass is 16.1. The molecule has 5 N–H and O–H groups in total. The number of aryl methyl sites for hydroxylation is 1. The van der Waals surface area contributed by atoms with Crippen LogP contribution in [0.25, 0.3) is 0 Å². The Bertz CT molecular complexity index is 430. The lowest BCUT2D eigenvalue weighted by atomic mass is 10.2. The van der Waals surface area contributed by atoms with Crippen LogP contribution < -0.4 is 0 Å². The number of nitrogens with one attached hydrogen (secondary N) is 5. The molecule has 0 saturated heterocycles. The third-order valence-electron chi connectivity index (χ3n) is 0.940. The van der Waals surface area contributed by atoms with E-state index in [1.807, 2.05) is 18.2 Å². The Morgan fingerprint density at radius 2 is 0.773 bits per heavy atom. The molecular weight excluding hydrogens is 294 g/mol. The predicted octanol–water partition coefficient (Wildman–Crippen LogP) is 1.50. The number of hydrogen-bond donors (Lipinski definition) is 5. The smallest absolute Gasteiger partial charge is 0.222 e. The van der Waals surface area contributed by atoms with E-state index in [-0.39, 0.29) is 0 Å². The average molecular weight is 307 g/mol. The van der Waals surface area contributed by atoms with Crippen molar-refractivity contribution in [2.75, 3.05) is 0 Å². The lowest BCUT2D eigenvalue weighted by Crippen LogP contribution is -1.62. The van der Waals surface area contributed by atoms with Crippen molar-refractivity contribution in [3.05, 3.63) is 35.9 Å². The van der Waals surface area contributed by atoms with Crippen molar-refractivity contribution in [2.24, 2.45) is 0 Å². The summed E-state index contributed by atoms with van der Waals surface area (Å²) in [4.78, 5) is 41.7. The van der Waals surface area contributed by atoms with Crippen LogP contribution in [0, 0.1) is 34.0 Å². The van der Waals surface area contributed by atoms with Crippen molar-refractivity contribution in [3.8, 4) is 0 Å². The molecule has 0 aliphatic rings. The third-order valence-corrected chi connectivity index (χ3v) is 0.940. The number of hydrogen-bond acceptors (Lipinski definition) is 10. The number of benzene rings is 1. The fourth-order valence-electron chi connectivity index (χ4n) is 0.534. The zero-order chi connectivity index (χ0) is 18.6. The van der Waals surface area contributed by atoms with Crippen molar-refractivity contribution in [1.82, 2.24) is 0 Å². The molecule has 22 heavy (non-hydrogen) atoms. The minimum Gasteiger partial charge on any atom is -0.222 e. The highest BCUT2D eigenvalue weighted by Crippen LogP contribution is 1.92. The van der Waals surface area contributed by atoms with Gasteiger partial charge < -0.3 is 0 Å². The standard InChI is InChI=1S/C7H8.5CHNO/c1-7-5-3-2-4-6-7;5*2-1-3/h2-6H,1H3;5*2H. The van der Waals surface area contributed by atoms with Crippen LogP contribution in [0.15, 0.2) is 30.3 Å². The highest BCUT2D eigenvalue weighted by molar-refractivity contribution is 5.27. The van der Waals surface area contributed by atoms with Crippen molar-refractivity contribution in [1.29, 1.82) is 27.0 Å². The molecule has 0 aromatic heterocycles. The van der Waals surface area contributed by atoms with Gasteiger partial charge in [0.15, 0.2) is 0 Å². The zero-order valence-electron chi connectivity index (χ0n) is 11.4. The molecule has 0 aliphatic heterocycles. The van der Waals surface area contributed by atoms with E-state index in [1.54, 1.807) is 0 Å². The van der Waals surface area contributed by atoms with Gasteiger partial charge in [-0.2, -0.15) is 0 Å². The van der Waals surface area contributed by atoms with E-state index in [2.05, 4.69) is 19.1 Å². The quantitative estimate of drug-likeness (QED) is 0.355.